The van der Waals surface area contributed by atoms with Crippen molar-refractivity contribution >= 4 is 10.0 Å². The highest BCUT2D eigenvalue weighted by molar-refractivity contribution is 7.89. The minimum atomic E-state index is -3.08. The Morgan fingerprint density at radius 3 is 2.47 bits per heavy atom. The smallest absolute Gasteiger partial charge is 0.211 e. The molecule has 6 heteroatoms. The first-order chi connectivity index (χ1) is 9.05. The molecule has 0 radical (unpaired) electrons. The van der Waals surface area contributed by atoms with Crippen molar-refractivity contribution in [1.29, 1.82) is 0 Å². The molecule has 0 bridgehead atoms. The fraction of sp³-hybridized carbons (Fsp3) is 1.00. The molecule has 2 aliphatic rings. The molecule has 0 aromatic carbocycles. The molecule has 0 aromatic rings. The van der Waals surface area contributed by atoms with Crippen LogP contribution in [0.5, 0.6) is 0 Å². The lowest BCUT2D eigenvalue weighted by Gasteiger charge is -2.28. The molecule has 2 rings (SSSR count). The van der Waals surface area contributed by atoms with E-state index in [4.69, 9.17) is 0 Å². The quantitative estimate of drug-likeness (QED) is 0.635. The number of hydrogen-bond donors (Lipinski definition) is 2. The second kappa shape index (κ2) is 7.02. The van der Waals surface area contributed by atoms with E-state index >= 15 is 0 Å². The number of sulfonamides is 1. The van der Waals surface area contributed by atoms with Crippen molar-refractivity contribution < 1.29 is 8.42 Å². The van der Waals surface area contributed by atoms with Crippen LogP contribution in [0.4, 0.5) is 0 Å². The average molecular weight is 289 g/mol. The van der Waals surface area contributed by atoms with Crippen molar-refractivity contribution in [2.75, 3.05) is 39.0 Å². The summed E-state index contributed by atoms with van der Waals surface area (Å²) in [5, 5.41) is 3.34. The fourth-order valence-electron chi connectivity index (χ4n) is 2.44. The summed E-state index contributed by atoms with van der Waals surface area (Å²) in [6.45, 7) is 3.60. The van der Waals surface area contributed by atoms with Gasteiger partial charge in [0.25, 0.3) is 0 Å². The summed E-state index contributed by atoms with van der Waals surface area (Å²) >= 11 is 0. The molecule has 112 valence electrons. The van der Waals surface area contributed by atoms with Crippen molar-refractivity contribution in [2.45, 2.75) is 38.1 Å². The molecule has 1 heterocycles. The molecule has 0 spiro atoms. The lowest BCUT2D eigenvalue weighted by Crippen LogP contribution is -2.37. The third-order valence-corrected chi connectivity index (χ3v) is 5.46. The predicted octanol–water partition coefficient (Wildman–Crippen LogP) is 0.390. The van der Waals surface area contributed by atoms with Gasteiger partial charge in [-0.1, -0.05) is 0 Å². The summed E-state index contributed by atoms with van der Waals surface area (Å²) in [6, 6.07) is 0.662. The van der Waals surface area contributed by atoms with Gasteiger partial charge in [-0.3, -0.25) is 0 Å². The van der Waals surface area contributed by atoms with Crippen molar-refractivity contribution in [3.8, 4) is 0 Å². The highest BCUT2D eigenvalue weighted by Crippen LogP contribution is 2.18. The zero-order valence-corrected chi connectivity index (χ0v) is 12.7. The number of nitrogens with one attached hydrogen (secondary N) is 2. The zero-order valence-electron chi connectivity index (χ0n) is 11.9. The highest BCUT2D eigenvalue weighted by atomic mass is 32.2. The molecule has 2 N–H and O–H groups in total. The molecule has 2 fully saturated rings. The van der Waals surface area contributed by atoms with Crippen LogP contribution in [0, 0.1) is 5.92 Å². The molecule has 0 amide bonds. The van der Waals surface area contributed by atoms with Gasteiger partial charge >= 0.3 is 0 Å². The van der Waals surface area contributed by atoms with Gasteiger partial charge in [-0.2, -0.15) is 0 Å². The van der Waals surface area contributed by atoms with E-state index in [-0.39, 0.29) is 5.75 Å². The molecule has 0 aromatic heterocycles. The Labute approximate surface area is 117 Å². The van der Waals surface area contributed by atoms with Gasteiger partial charge in [0.2, 0.25) is 10.0 Å². The lowest BCUT2D eigenvalue weighted by atomic mass is 9.98. The summed E-state index contributed by atoms with van der Waals surface area (Å²) < 4.78 is 26.5. The van der Waals surface area contributed by atoms with Crippen LogP contribution < -0.4 is 10.0 Å². The maximum Gasteiger partial charge on any atom is 0.211 e. The third-order valence-electron chi connectivity index (χ3n) is 4.03. The third kappa shape index (κ3) is 6.21. The molecule has 0 atom stereocenters. The summed E-state index contributed by atoms with van der Waals surface area (Å²) in [7, 11) is -0.957. The monoisotopic (exact) mass is 289 g/mol. The fourth-order valence-corrected chi connectivity index (χ4v) is 3.60. The van der Waals surface area contributed by atoms with E-state index in [2.05, 4.69) is 22.0 Å². The number of likely N-dealkylation sites (tertiary alicyclic amines) is 1. The van der Waals surface area contributed by atoms with E-state index in [0.29, 0.717) is 24.9 Å². The second-order valence-electron chi connectivity index (χ2n) is 6.00. The summed E-state index contributed by atoms with van der Waals surface area (Å²) in [5.41, 5.74) is 0. The van der Waals surface area contributed by atoms with E-state index < -0.39 is 10.0 Å². The Morgan fingerprint density at radius 2 is 1.84 bits per heavy atom. The van der Waals surface area contributed by atoms with E-state index in [9.17, 15) is 8.42 Å². The van der Waals surface area contributed by atoms with E-state index in [1.54, 1.807) is 0 Å². The number of rotatable bonds is 8. The van der Waals surface area contributed by atoms with Crippen LogP contribution in [0.15, 0.2) is 0 Å². The van der Waals surface area contributed by atoms with Crippen LogP contribution in [0.3, 0.4) is 0 Å². The van der Waals surface area contributed by atoms with Crippen LogP contribution in [-0.2, 0) is 10.0 Å². The Bertz CT molecular complexity index is 360. The lowest BCUT2D eigenvalue weighted by molar-refractivity contribution is 0.220. The van der Waals surface area contributed by atoms with Gasteiger partial charge in [-0.25, -0.2) is 13.1 Å². The molecular formula is C13H27N3O2S. The van der Waals surface area contributed by atoms with Crippen molar-refractivity contribution in [1.82, 2.24) is 14.9 Å². The van der Waals surface area contributed by atoms with Gasteiger partial charge in [0.05, 0.1) is 5.75 Å². The van der Waals surface area contributed by atoms with Crippen LogP contribution in [0.25, 0.3) is 0 Å². The predicted molar refractivity (Wildman–Crippen MR) is 77.7 cm³/mol. The van der Waals surface area contributed by atoms with Crippen molar-refractivity contribution in [2.24, 2.45) is 5.92 Å². The largest absolute Gasteiger partial charge is 0.314 e. The Balaban J connectivity index is 1.57. The van der Waals surface area contributed by atoms with Gasteiger partial charge in [0, 0.05) is 12.6 Å². The maximum atomic E-state index is 11.8. The van der Waals surface area contributed by atoms with E-state index in [0.717, 1.165) is 32.5 Å². The Kier molecular flexibility index (Phi) is 5.62. The van der Waals surface area contributed by atoms with Crippen LogP contribution in [0.2, 0.25) is 0 Å². The molecule has 1 saturated carbocycles. The van der Waals surface area contributed by atoms with Gasteiger partial charge in [-0.05, 0) is 64.7 Å². The number of hydrogen-bond acceptors (Lipinski definition) is 4. The molecular weight excluding hydrogens is 262 g/mol. The first kappa shape index (κ1) is 15.2. The van der Waals surface area contributed by atoms with E-state index in [1.165, 1.54) is 12.8 Å². The van der Waals surface area contributed by atoms with Crippen LogP contribution >= 0.6 is 0 Å². The first-order valence-corrected chi connectivity index (χ1v) is 9.10. The second-order valence-corrected chi connectivity index (χ2v) is 7.92. The SMILES string of the molecule is CN1CCC(CNS(=O)(=O)CCCNC2CC2)CC1. The molecule has 19 heavy (non-hydrogen) atoms. The normalized spacial score (nSPS) is 22.8. The standard InChI is InChI=1S/C13H27N3O2S/c1-16-8-5-12(6-9-16)11-15-19(17,18)10-2-7-14-13-3-4-13/h12-15H,2-11H2,1H3. The van der Waals surface area contributed by atoms with Gasteiger partial charge < -0.3 is 10.2 Å². The zero-order chi connectivity index (χ0) is 13.7. The molecule has 1 aliphatic carbocycles. The Morgan fingerprint density at radius 1 is 1.16 bits per heavy atom. The maximum absolute atomic E-state index is 11.8. The number of nitrogens with zero attached hydrogens (tertiary/aromatic N) is 1. The molecule has 1 aliphatic heterocycles. The van der Waals surface area contributed by atoms with Gasteiger partial charge in [-0.15, -0.1) is 0 Å². The molecule has 0 unspecified atom stereocenters. The minimum Gasteiger partial charge on any atom is -0.314 e. The summed E-state index contributed by atoms with van der Waals surface area (Å²) in [5.74, 6) is 0.759. The summed E-state index contributed by atoms with van der Waals surface area (Å²) in [6.07, 6.45) is 5.41. The summed E-state index contributed by atoms with van der Waals surface area (Å²) in [4.78, 5) is 2.30. The van der Waals surface area contributed by atoms with E-state index in [1.807, 2.05) is 0 Å². The molecule has 1 saturated heterocycles. The first-order valence-electron chi connectivity index (χ1n) is 7.44. The average Bonchev–Trinajstić information content (AvgIpc) is 3.18. The van der Waals surface area contributed by atoms with Crippen LogP contribution in [0.1, 0.15) is 32.1 Å². The van der Waals surface area contributed by atoms with Crippen LogP contribution in [-0.4, -0.2) is 58.3 Å². The minimum absolute atomic E-state index is 0.249. The van der Waals surface area contributed by atoms with Crippen molar-refractivity contribution in [3.63, 3.8) is 0 Å². The van der Waals surface area contributed by atoms with Gasteiger partial charge in [0.1, 0.15) is 0 Å². The number of piperidine rings is 1. The van der Waals surface area contributed by atoms with Crippen molar-refractivity contribution in [3.05, 3.63) is 0 Å². The molecule has 5 nitrogen and oxygen atoms in total. The topological polar surface area (TPSA) is 61.4 Å². The Hall–Kier alpha value is -0.170. The highest BCUT2D eigenvalue weighted by Gasteiger charge is 2.21. The van der Waals surface area contributed by atoms with Gasteiger partial charge in [0.15, 0.2) is 0 Å².